The van der Waals surface area contributed by atoms with E-state index in [2.05, 4.69) is 23.1 Å². The van der Waals surface area contributed by atoms with E-state index in [1.165, 1.54) is 18.2 Å². The molecule has 1 amide bonds. The van der Waals surface area contributed by atoms with Gasteiger partial charge in [-0.3, -0.25) is 14.5 Å². The van der Waals surface area contributed by atoms with Gasteiger partial charge in [-0.2, -0.15) is 0 Å². The topological polar surface area (TPSA) is 68.3 Å². The zero-order valence-corrected chi connectivity index (χ0v) is 17.1. The summed E-state index contributed by atoms with van der Waals surface area (Å²) in [5.41, 5.74) is 3.07. The molecule has 0 aromatic heterocycles. The van der Waals surface area contributed by atoms with Crippen molar-refractivity contribution in [2.45, 2.75) is 13.0 Å². The van der Waals surface area contributed by atoms with Gasteiger partial charge in [-0.15, -0.1) is 0 Å². The molecule has 2 heterocycles. The van der Waals surface area contributed by atoms with Crippen molar-refractivity contribution in [3.8, 4) is 17.2 Å². The maximum Gasteiger partial charge on any atom is 0.260 e. The molecule has 0 atom stereocenters. The maximum absolute atomic E-state index is 12.6. The number of rotatable bonds is 7. The van der Waals surface area contributed by atoms with Crippen molar-refractivity contribution >= 4 is 12.2 Å². The van der Waals surface area contributed by atoms with E-state index < -0.39 is 0 Å². The third-order valence-corrected chi connectivity index (χ3v) is 5.56. The average Bonchev–Trinajstić information content (AvgIpc) is 3.25. The quantitative estimate of drug-likeness (QED) is 0.652. The Hall–Kier alpha value is -3.06. The summed E-state index contributed by atoms with van der Waals surface area (Å²) in [6.07, 6.45) is 1.72. The number of methoxy groups -OCH3 is 1. The molecule has 4 rings (SSSR count). The highest BCUT2D eigenvalue weighted by atomic mass is 16.5. The number of nitrogens with zero attached hydrogens (tertiary/aromatic N) is 2. The molecule has 2 aliphatic rings. The number of aldehydes is 1. The van der Waals surface area contributed by atoms with Crippen LogP contribution in [0.5, 0.6) is 17.2 Å². The van der Waals surface area contributed by atoms with Gasteiger partial charge < -0.3 is 19.1 Å². The lowest BCUT2D eigenvalue weighted by Crippen LogP contribution is -2.49. The van der Waals surface area contributed by atoms with Crippen LogP contribution in [-0.2, 0) is 17.8 Å². The Morgan fingerprint density at radius 3 is 2.70 bits per heavy atom. The second-order valence-corrected chi connectivity index (χ2v) is 7.51. The largest absolute Gasteiger partial charge is 0.493 e. The highest BCUT2D eigenvalue weighted by molar-refractivity contribution is 5.78. The number of hydrogen-bond acceptors (Lipinski definition) is 6. The van der Waals surface area contributed by atoms with Crippen LogP contribution in [0.15, 0.2) is 36.4 Å². The van der Waals surface area contributed by atoms with Crippen molar-refractivity contribution in [2.24, 2.45) is 0 Å². The lowest BCUT2D eigenvalue weighted by molar-refractivity contribution is -0.135. The van der Waals surface area contributed by atoms with Gasteiger partial charge in [0.15, 0.2) is 18.1 Å². The molecule has 1 fully saturated rings. The molecule has 1 saturated heterocycles. The molecule has 158 valence electrons. The zero-order valence-electron chi connectivity index (χ0n) is 17.1. The van der Waals surface area contributed by atoms with Crippen molar-refractivity contribution in [3.05, 3.63) is 53.1 Å². The van der Waals surface area contributed by atoms with Crippen LogP contribution in [0.4, 0.5) is 0 Å². The number of amides is 1. The fourth-order valence-corrected chi connectivity index (χ4v) is 3.86. The molecule has 2 aromatic rings. The summed E-state index contributed by atoms with van der Waals surface area (Å²) >= 11 is 0. The number of fused-ring (bicyclic) bond motifs is 1. The fourth-order valence-electron chi connectivity index (χ4n) is 3.86. The van der Waals surface area contributed by atoms with Gasteiger partial charge in [0.25, 0.3) is 5.91 Å². The van der Waals surface area contributed by atoms with Gasteiger partial charge in [0, 0.05) is 44.7 Å². The SMILES string of the molecule is COc1cc(C=O)ccc1OCC(=O)N1CCN(Cc2ccc3c(c2)CCO3)CC1. The number of carbonyl (C=O) groups excluding carboxylic acids is 2. The van der Waals surface area contributed by atoms with Crippen molar-refractivity contribution in [3.63, 3.8) is 0 Å². The van der Waals surface area contributed by atoms with Gasteiger partial charge in [0.05, 0.1) is 13.7 Å². The molecule has 0 unspecified atom stereocenters. The first-order chi connectivity index (χ1) is 14.7. The number of piperazine rings is 1. The predicted molar refractivity (Wildman–Crippen MR) is 111 cm³/mol. The highest BCUT2D eigenvalue weighted by Crippen LogP contribution is 2.28. The summed E-state index contributed by atoms with van der Waals surface area (Å²) in [6.45, 7) is 4.62. The van der Waals surface area contributed by atoms with Gasteiger partial charge in [-0.25, -0.2) is 0 Å². The first kappa shape index (κ1) is 20.2. The fraction of sp³-hybridized carbons (Fsp3) is 0.391. The van der Waals surface area contributed by atoms with Gasteiger partial charge in [0.2, 0.25) is 0 Å². The van der Waals surface area contributed by atoms with Crippen molar-refractivity contribution in [2.75, 3.05) is 46.5 Å². The standard InChI is InChI=1S/C23H26N2O5/c1-28-22-13-18(15-26)3-5-21(22)30-16-23(27)25-9-7-24(8-10-25)14-17-2-4-20-19(12-17)6-11-29-20/h2-5,12-13,15H,6-11,14,16H2,1H3. The van der Waals surface area contributed by atoms with Crippen LogP contribution < -0.4 is 14.2 Å². The Morgan fingerprint density at radius 2 is 1.93 bits per heavy atom. The predicted octanol–water partition coefficient (Wildman–Crippen LogP) is 2.17. The van der Waals surface area contributed by atoms with E-state index in [-0.39, 0.29) is 12.5 Å². The van der Waals surface area contributed by atoms with Gasteiger partial charge in [-0.05, 0) is 35.4 Å². The van der Waals surface area contributed by atoms with Crippen LogP contribution in [0.2, 0.25) is 0 Å². The lowest BCUT2D eigenvalue weighted by Gasteiger charge is -2.34. The summed E-state index contributed by atoms with van der Waals surface area (Å²) in [6, 6.07) is 11.3. The molecule has 7 heteroatoms. The first-order valence-corrected chi connectivity index (χ1v) is 10.2. The Balaban J connectivity index is 1.26. The van der Waals surface area contributed by atoms with E-state index in [0.717, 1.165) is 44.7 Å². The van der Waals surface area contributed by atoms with E-state index >= 15 is 0 Å². The van der Waals surface area contributed by atoms with Crippen molar-refractivity contribution in [1.29, 1.82) is 0 Å². The molecule has 2 aromatic carbocycles. The molecule has 0 N–H and O–H groups in total. The van der Waals surface area contributed by atoms with Crippen LogP contribution in [0.3, 0.4) is 0 Å². The molecule has 0 bridgehead atoms. The van der Waals surface area contributed by atoms with Gasteiger partial charge >= 0.3 is 0 Å². The number of carbonyl (C=O) groups is 2. The second kappa shape index (κ2) is 9.17. The van der Waals surface area contributed by atoms with E-state index in [1.807, 2.05) is 4.90 Å². The molecule has 30 heavy (non-hydrogen) atoms. The minimum atomic E-state index is -0.0540. The molecular weight excluding hydrogens is 384 g/mol. The monoisotopic (exact) mass is 410 g/mol. The molecule has 0 radical (unpaired) electrons. The summed E-state index contributed by atoms with van der Waals surface area (Å²) in [4.78, 5) is 27.6. The van der Waals surface area contributed by atoms with Crippen molar-refractivity contribution < 1.29 is 23.8 Å². The Kier molecular flexibility index (Phi) is 6.18. The number of ether oxygens (including phenoxy) is 3. The number of hydrogen-bond donors (Lipinski definition) is 0. The minimum absolute atomic E-state index is 0.0501. The summed E-state index contributed by atoms with van der Waals surface area (Å²) in [5, 5.41) is 0. The Morgan fingerprint density at radius 1 is 1.10 bits per heavy atom. The van der Waals surface area contributed by atoms with E-state index in [4.69, 9.17) is 14.2 Å². The molecule has 0 saturated carbocycles. The van der Waals surface area contributed by atoms with E-state index in [1.54, 1.807) is 18.2 Å². The van der Waals surface area contributed by atoms with Crippen LogP contribution in [0, 0.1) is 0 Å². The maximum atomic E-state index is 12.6. The molecule has 7 nitrogen and oxygen atoms in total. The third kappa shape index (κ3) is 4.57. The average molecular weight is 410 g/mol. The summed E-state index contributed by atoms with van der Waals surface area (Å²) in [7, 11) is 1.51. The van der Waals surface area contributed by atoms with E-state index in [9.17, 15) is 9.59 Å². The van der Waals surface area contributed by atoms with Crippen LogP contribution in [-0.4, -0.2) is 68.5 Å². The van der Waals surface area contributed by atoms with E-state index in [0.29, 0.717) is 30.2 Å². The minimum Gasteiger partial charge on any atom is -0.493 e. The van der Waals surface area contributed by atoms with Crippen LogP contribution >= 0.6 is 0 Å². The Labute approximate surface area is 176 Å². The summed E-state index contributed by atoms with van der Waals surface area (Å²) < 4.78 is 16.5. The Bertz CT molecular complexity index is 922. The van der Waals surface area contributed by atoms with Crippen LogP contribution in [0.1, 0.15) is 21.5 Å². The van der Waals surface area contributed by atoms with Gasteiger partial charge in [-0.1, -0.05) is 12.1 Å². The number of benzene rings is 2. The molecular formula is C23H26N2O5. The smallest absolute Gasteiger partial charge is 0.260 e. The third-order valence-electron chi connectivity index (χ3n) is 5.56. The first-order valence-electron chi connectivity index (χ1n) is 10.2. The molecule has 2 aliphatic heterocycles. The lowest BCUT2D eigenvalue weighted by atomic mass is 10.1. The van der Waals surface area contributed by atoms with Crippen molar-refractivity contribution in [1.82, 2.24) is 9.80 Å². The van der Waals surface area contributed by atoms with Gasteiger partial charge in [0.1, 0.15) is 12.0 Å². The zero-order chi connectivity index (χ0) is 20.9. The summed E-state index contributed by atoms with van der Waals surface area (Å²) in [5.74, 6) is 1.85. The normalized spacial score (nSPS) is 16.0. The van der Waals surface area contributed by atoms with Crippen LogP contribution in [0.25, 0.3) is 0 Å². The second-order valence-electron chi connectivity index (χ2n) is 7.51. The molecule has 0 spiro atoms. The molecule has 0 aliphatic carbocycles. The highest BCUT2D eigenvalue weighted by Gasteiger charge is 2.22.